The Hall–Kier alpha value is -2.57. The van der Waals surface area contributed by atoms with Crippen molar-refractivity contribution in [2.45, 2.75) is 6.54 Å². The van der Waals surface area contributed by atoms with E-state index in [1.54, 1.807) is 24.4 Å². The van der Waals surface area contributed by atoms with Crippen LogP contribution >= 0.6 is 23.2 Å². The zero-order chi connectivity index (χ0) is 18.7. The van der Waals surface area contributed by atoms with E-state index in [-0.39, 0.29) is 28.0 Å². The summed E-state index contributed by atoms with van der Waals surface area (Å²) in [7, 11) is 0. The first-order valence-electron chi connectivity index (χ1n) is 7.43. The maximum Gasteiger partial charge on any atom is 0.260 e. The molecule has 0 saturated carbocycles. The first-order chi connectivity index (χ1) is 12.5. The molecule has 0 saturated heterocycles. The summed E-state index contributed by atoms with van der Waals surface area (Å²) in [5.74, 6) is -2.19. The van der Waals surface area contributed by atoms with Gasteiger partial charge in [-0.05, 0) is 30.3 Å². The monoisotopic (exact) mass is 393 g/mol. The van der Waals surface area contributed by atoms with Crippen molar-refractivity contribution in [2.24, 2.45) is 0 Å². The van der Waals surface area contributed by atoms with Gasteiger partial charge in [0.05, 0.1) is 28.5 Å². The fourth-order valence-corrected chi connectivity index (χ4v) is 2.58. The van der Waals surface area contributed by atoms with E-state index in [9.17, 15) is 13.6 Å². The van der Waals surface area contributed by atoms with Crippen molar-refractivity contribution in [1.82, 2.24) is 9.97 Å². The topological polar surface area (TPSA) is 46.1 Å². The van der Waals surface area contributed by atoms with Gasteiger partial charge in [-0.15, -0.1) is 0 Å². The summed E-state index contributed by atoms with van der Waals surface area (Å²) in [5, 5.41) is 0.141. The summed E-state index contributed by atoms with van der Waals surface area (Å²) < 4.78 is 27.6. The van der Waals surface area contributed by atoms with Crippen LogP contribution < -0.4 is 4.90 Å². The Balaban J connectivity index is 2.04. The van der Waals surface area contributed by atoms with Crippen LogP contribution in [-0.4, -0.2) is 15.9 Å². The standard InChI is InChI=1S/C18H11Cl2F2N3O/c19-14-7-11(9-24-17(14)20)18(26)25(10-13-3-1-2-6-23-13)16-5-4-12(21)8-15(16)22/h1-9H,10H2. The molecule has 3 rings (SSSR count). The number of nitrogens with zero attached hydrogens (tertiary/aromatic N) is 3. The van der Waals surface area contributed by atoms with Gasteiger partial charge in [-0.3, -0.25) is 14.7 Å². The van der Waals surface area contributed by atoms with Gasteiger partial charge in [0.2, 0.25) is 0 Å². The normalized spacial score (nSPS) is 10.6. The molecular formula is C18H11Cl2F2N3O. The van der Waals surface area contributed by atoms with Gasteiger partial charge < -0.3 is 0 Å². The maximum absolute atomic E-state index is 14.3. The number of carbonyl (C=O) groups is 1. The number of anilines is 1. The van der Waals surface area contributed by atoms with Gasteiger partial charge >= 0.3 is 0 Å². The van der Waals surface area contributed by atoms with Crippen molar-refractivity contribution in [1.29, 1.82) is 0 Å². The smallest absolute Gasteiger partial charge is 0.260 e. The third-order valence-corrected chi connectivity index (χ3v) is 4.22. The number of hydrogen-bond acceptors (Lipinski definition) is 3. The number of hydrogen-bond donors (Lipinski definition) is 0. The summed E-state index contributed by atoms with van der Waals surface area (Å²) >= 11 is 11.7. The Bertz CT molecular complexity index is 954. The molecule has 0 aliphatic heterocycles. The quantitative estimate of drug-likeness (QED) is 0.591. The molecule has 0 unspecified atom stereocenters. The molecule has 132 valence electrons. The van der Waals surface area contributed by atoms with Crippen molar-refractivity contribution >= 4 is 34.8 Å². The lowest BCUT2D eigenvalue weighted by molar-refractivity contribution is 0.0983. The lowest BCUT2D eigenvalue weighted by atomic mass is 10.2. The average Bonchev–Trinajstić information content (AvgIpc) is 2.63. The number of halogens is 4. The van der Waals surface area contributed by atoms with Gasteiger partial charge in [0, 0.05) is 18.5 Å². The lowest BCUT2D eigenvalue weighted by Gasteiger charge is -2.23. The molecule has 0 aliphatic carbocycles. The summed E-state index contributed by atoms with van der Waals surface area (Å²) in [4.78, 5) is 22.1. The largest absolute Gasteiger partial charge is 0.299 e. The second-order valence-electron chi connectivity index (χ2n) is 5.30. The van der Waals surface area contributed by atoms with Gasteiger partial charge in [-0.1, -0.05) is 29.3 Å². The van der Waals surface area contributed by atoms with Crippen molar-refractivity contribution in [2.75, 3.05) is 4.90 Å². The van der Waals surface area contributed by atoms with Crippen LogP contribution in [0.4, 0.5) is 14.5 Å². The lowest BCUT2D eigenvalue weighted by Crippen LogP contribution is -2.31. The average molecular weight is 394 g/mol. The van der Waals surface area contributed by atoms with E-state index in [0.717, 1.165) is 11.0 Å². The highest BCUT2D eigenvalue weighted by atomic mass is 35.5. The number of aromatic nitrogens is 2. The number of rotatable bonds is 4. The summed E-state index contributed by atoms with van der Waals surface area (Å²) in [5.41, 5.74) is 0.546. The molecular weight excluding hydrogens is 383 g/mol. The molecule has 1 amide bonds. The second kappa shape index (κ2) is 7.76. The van der Waals surface area contributed by atoms with Crippen LogP contribution in [0.2, 0.25) is 10.2 Å². The Labute approximate surface area is 158 Å². The first-order valence-corrected chi connectivity index (χ1v) is 8.19. The van der Waals surface area contributed by atoms with Crippen LogP contribution in [0, 0.1) is 11.6 Å². The molecule has 0 fully saturated rings. The minimum atomic E-state index is -0.873. The minimum absolute atomic E-state index is 0.0253. The van der Waals surface area contributed by atoms with E-state index >= 15 is 0 Å². The highest BCUT2D eigenvalue weighted by Crippen LogP contribution is 2.26. The van der Waals surface area contributed by atoms with Crippen molar-refractivity contribution in [3.63, 3.8) is 0 Å². The van der Waals surface area contributed by atoms with Crippen LogP contribution in [0.5, 0.6) is 0 Å². The molecule has 0 radical (unpaired) electrons. The van der Waals surface area contributed by atoms with E-state index in [1.807, 2.05) is 0 Å². The van der Waals surface area contributed by atoms with E-state index in [1.165, 1.54) is 18.3 Å². The van der Waals surface area contributed by atoms with Crippen LogP contribution in [0.1, 0.15) is 16.1 Å². The zero-order valence-corrected chi connectivity index (χ0v) is 14.7. The van der Waals surface area contributed by atoms with E-state index < -0.39 is 17.5 Å². The van der Waals surface area contributed by atoms with Crippen LogP contribution in [-0.2, 0) is 6.54 Å². The highest BCUT2D eigenvalue weighted by molar-refractivity contribution is 6.41. The van der Waals surface area contributed by atoms with Gasteiger partial charge in [0.25, 0.3) is 5.91 Å². The Morgan fingerprint density at radius 1 is 1.08 bits per heavy atom. The number of carbonyl (C=O) groups excluding carboxylic acids is 1. The Morgan fingerprint density at radius 2 is 1.88 bits per heavy atom. The SMILES string of the molecule is O=C(c1cnc(Cl)c(Cl)c1)N(Cc1ccccn1)c1ccc(F)cc1F. The first kappa shape index (κ1) is 18.2. The highest BCUT2D eigenvalue weighted by Gasteiger charge is 2.23. The van der Waals surface area contributed by atoms with E-state index in [2.05, 4.69) is 9.97 Å². The predicted molar refractivity (Wildman–Crippen MR) is 95.4 cm³/mol. The zero-order valence-electron chi connectivity index (χ0n) is 13.2. The molecule has 3 aromatic rings. The molecule has 0 N–H and O–H groups in total. The molecule has 4 nitrogen and oxygen atoms in total. The fourth-order valence-electron chi connectivity index (χ4n) is 2.31. The molecule has 0 bridgehead atoms. The summed E-state index contributed by atoms with van der Waals surface area (Å²) in [6.45, 7) is -0.0253. The molecule has 0 spiro atoms. The third kappa shape index (κ3) is 3.98. The molecule has 26 heavy (non-hydrogen) atoms. The number of amides is 1. The summed E-state index contributed by atoms with van der Waals surface area (Å²) in [6, 6.07) is 9.46. The number of benzene rings is 1. The maximum atomic E-state index is 14.3. The Kier molecular flexibility index (Phi) is 5.44. The molecule has 1 aromatic carbocycles. The number of pyridine rings is 2. The molecule has 2 heterocycles. The molecule has 8 heteroatoms. The van der Waals surface area contributed by atoms with Crippen molar-refractivity contribution in [3.05, 3.63) is 87.9 Å². The minimum Gasteiger partial charge on any atom is -0.299 e. The van der Waals surface area contributed by atoms with Gasteiger partial charge in [0.15, 0.2) is 0 Å². The Morgan fingerprint density at radius 3 is 2.54 bits per heavy atom. The van der Waals surface area contributed by atoms with Crippen molar-refractivity contribution in [3.8, 4) is 0 Å². The van der Waals surface area contributed by atoms with E-state index in [0.29, 0.717) is 11.8 Å². The summed E-state index contributed by atoms with van der Waals surface area (Å²) in [6.07, 6.45) is 2.79. The van der Waals surface area contributed by atoms with E-state index in [4.69, 9.17) is 23.2 Å². The van der Waals surface area contributed by atoms with Crippen molar-refractivity contribution < 1.29 is 13.6 Å². The van der Waals surface area contributed by atoms with Crippen LogP contribution in [0.15, 0.2) is 54.9 Å². The second-order valence-corrected chi connectivity index (χ2v) is 6.07. The molecule has 0 atom stereocenters. The predicted octanol–water partition coefficient (Wildman–Crippen LogP) is 4.91. The van der Waals surface area contributed by atoms with Gasteiger partial charge in [-0.25, -0.2) is 13.8 Å². The molecule has 2 aromatic heterocycles. The van der Waals surface area contributed by atoms with Gasteiger partial charge in [0.1, 0.15) is 16.8 Å². The van der Waals surface area contributed by atoms with Gasteiger partial charge in [-0.2, -0.15) is 0 Å². The fraction of sp³-hybridized carbons (Fsp3) is 0.0556. The third-order valence-electron chi connectivity index (χ3n) is 3.54. The molecule has 0 aliphatic rings. The van der Waals surface area contributed by atoms with Crippen LogP contribution in [0.3, 0.4) is 0 Å². The van der Waals surface area contributed by atoms with Crippen LogP contribution in [0.25, 0.3) is 0 Å².